The number of hydrazone groups is 1. The van der Waals surface area contributed by atoms with Crippen LogP contribution in [0.4, 0.5) is 0 Å². The number of hydrazine groups is 2. The summed E-state index contributed by atoms with van der Waals surface area (Å²) in [6.07, 6.45) is 11.8. The fraction of sp³-hybridized carbons (Fsp3) is 0.933. The van der Waals surface area contributed by atoms with Crippen molar-refractivity contribution in [3.63, 3.8) is 0 Å². The topological polar surface area (TPSA) is 39.7 Å². The molecule has 0 spiro atoms. The summed E-state index contributed by atoms with van der Waals surface area (Å²) in [6.45, 7) is 2.43. The maximum absolute atomic E-state index is 4.28. The summed E-state index contributed by atoms with van der Waals surface area (Å²) < 4.78 is 2.10. The Morgan fingerprint density at radius 2 is 1.71 bits per heavy atom. The van der Waals surface area contributed by atoms with Gasteiger partial charge in [0.15, 0.2) is 0 Å². The first-order chi connectivity index (χ1) is 10.2. The Morgan fingerprint density at radius 3 is 2.29 bits per heavy atom. The molecule has 1 heterocycles. The van der Waals surface area contributed by atoms with Crippen LogP contribution in [0.3, 0.4) is 0 Å². The number of amidine groups is 1. The van der Waals surface area contributed by atoms with Crippen LogP contribution in [0.25, 0.3) is 0 Å². The Hall–Kier alpha value is 0.502. The molecule has 2 saturated carbocycles. The molecule has 0 aromatic carbocycles. The molecular formula is C15H27N4PbS. The summed E-state index contributed by atoms with van der Waals surface area (Å²) in [5, 5.41) is 5.41. The van der Waals surface area contributed by atoms with Crippen molar-refractivity contribution in [2.75, 3.05) is 5.75 Å². The molecule has 0 unspecified atom stereocenters. The van der Waals surface area contributed by atoms with E-state index in [-0.39, 0.29) is 0 Å². The van der Waals surface area contributed by atoms with Gasteiger partial charge >= 0.3 is 143 Å². The summed E-state index contributed by atoms with van der Waals surface area (Å²) in [5.74, 6) is 5.24. The van der Waals surface area contributed by atoms with E-state index in [2.05, 4.69) is 25.9 Å². The average molecular weight is 503 g/mol. The molecule has 3 radical (unpaired) electrons. The number of hydrogen-bond donors (Lipinski definition) is 2. The molecule has 3 aliphatic rings. The van der Waals surface area contributed by atoms with Gasteiger partial charge in [-0.1, -0.05) is 6.92 Å². The molecule has 1 aliphatic heterocycles. The van der Waals surface area contributed by atoms with Crippen LogP contribution >= 0.6 is 11.8 Å². The zero-order chi connectivity index (χ0) is 14.7. The molecule has 2 aliphatic carbocycles. The van der Waals surface area contributed by atoms with Gasteiger partial charge in [-0.3, -0.25) is 0 Å². The Kier molecular flexibility index (Phi) is 6.12. The summed E-state index contributed by atoms with van der Waals surface area (Å²) in [4.78, 5) is 0. The zero-order valence-corrected chi connectivity index (χ0v) is 17.7. The van der Waals surface area contributed by atoms with Gasteiger partial charge in [-0.2, -0.15) is 0 Å². The van der Waals surface area contributed by atoms with Gasteiger partial charge in [-0.15, -0.1) is 0 Å². The summed E-state index contributed by atoms with van der Waals surface area (Å²) >= 11 is 2.89. The van der Waals surface area contributed by atoms with E-state index in [9.17, 15) is 0 Å². The van der Waals surface area contributed by atoms with Gasteiger partial charge in [0.05, 0.1) is 0 Å². The summed E-state index contributed by atoms with van der Waals surface area (Å²) in [5.41, 5.74) is 5.87. The van der Waals surface area contributed by atoms with Crippen LogP contribution in [-0.4, -0.2) is 39.8 Å². The van der Waals surface area contributed by atoms with Crippen LogP contribution in [0.15, 0.2) is 5.10 Å². The third kappa shape index (κ3) is 4.50. The van der Waals surface area contributed by atoms with Crippen molar-refractivity contribution in [2.24, 2.45) is 28.8 Å². The molecule has 21 heavy (non-hydrogen) atoms. The number of thioether (sulfide) groups is 1. The monoisotopic (exact) mass is 503 g/mol. The molecule has 0 atom stereocenters. The molecular weight excluding hydrogens is 475 g/mol. The molecule has 0 bridgehead atoms. The van der Waals surface area contributed by atoms with Crippen LogP contribution in [0.1, 0.15) is 58.3 Å². The number of hydrogen-bond acceptors (Lipinski definition) is 5. The van der Waals surface area contributed by atoms with Crippen LogP contribution in [0.2, 0.25) is 0 Å². The molecule has 117 valence electrons. The number of rotatable bonds is 3. The normalized spacial score (nSPS) is 37.2. The Labute approximate surface area is 149 Å². The van der Waals surface area contributed by atoms with Crippen molar-refractivity contribution < 1.29 is 0 Å². The number of nitrogens with one attached hydrogen (secondary N) is 2. The maximum atomic E-state index is 4.28. The zero-order valence-electron chi connectivity index (χ0n) is 13.0. The van der Waals surface area contributed by atoms with E-state index < -0.39 is 0 Å². The van der Waals surface area contributed by atoms with Crippen molar-refractivity contribution in [3.8, 4) is 0 Å². The van der Waals surface area contributed by atoms with Crippen molar-refractivity contribution >= 4 is 43.0 Å². The second kappa shape index (κ2) is 7.86. The SMILES string of the molecule is CC1CCC(C2CCC(CSC3=NNN[N]3[Pb])CC2)CC1. The minimum absolute atomic E-state index is 0.909. The van der Waals surface area contributed by atoms with E-state index in [1.807, 2.05) is 11.8 Å². The molecule has 0 aromatic rings. The van der Waals surface area contributed by atoms with Crippen molar-refractivity contribution in [3.05, 3.63) is 0 Å². The standard InChI is InChI=1S/C15H27N4S.Pb/c1-11-2-6-13(7-3-11)14-8-4-12(5-9-14)10-20-15-16-18-19-17-15;/h11-14,18-19H,2-10H2,1H3;/q-1;+1. The van der Waals surface area contributed by atoms with Crippen molar-refractivity contribution in [1.82, 2.24) is 13.9 Å². The van der Waals surface area contributed by atoms with Gasteiger partial charge in [0.25, 0.3) is 0 Å². The van der Waals surface area contributed by atoms with Gasteiger partial charge in [-0.25, -0.2) is 0 Å². The predicted octanol–water partition coefficient (Wildman–Crippen LogP) is 3.03. The van der Waals surface area contributed by atoms with E-state index in [0.29, 0.717) is 0 Å². The van der Waals surface area contributed by atoms with E-state index in [1.165, 1.54) is 57.1 Å². The third-order valence-electron chi connectivity index (χ3n) is 5.57. The van der Waals surface area contributed by atoms with E-state index in [1.54, 1.807) is 0 Å². The van der Waals surface area contributed by atoms with Gasteiger partial charge in [0, 0.05) is 0 Å². The molecule has 0 saturated heterocycles. The van der Waals surface area contributed by atoms with Crippen LogP contribution in [0.5, 0.6) is 0 Å². The first-order valence-electron chi connectivity index (χ1n) is 8.45. The summed E-state index contributed by atoms with van der Waals surface area (Å²) in [7, 11) is 0. The quantitative estimate of drug-likeness (QED) is 0.582. The Balaban J connectivity index is 1.37. The van der Waals surface area contributed by atoms with Gasteiger partial charge in [0.2, 0.25) is 0 Å². The summed E-state index contributed by atoms with van der Waals surface area (Å²) in [6, 6.07) is 0. The fourth-order valence-electron chi connectivity index (χ4n) is 4.09. The molecule has 3 rings (SSSR count). The average Bonchev–Trinajstić information content (AvgIpc) is 2.92. The van der Waals surface area contributed by atoms with Crippen molar-refractivity contribution in [2.45, 2.75) is 58.3 Å². The van der Waals surface area contributed by atoms with E-state index >= 15 is 0 Å². The Bertz CT molecular complexity index is 363. The fourth-order valence-corrected chi connectivity index (χ4v) is 6.24. The first kappa shape index (κ1) is 16.4. The predicted molar refractivity (Wildman–Crippen MR) is 90.3 cm³/mol. The molecule has 2 fully saturated rings. The van der Waals surface area contributed by atoms with Crippen LogP contribution < -0.4 is 11.1 Å². The second-order valence-corrected chi connectivity index (χ2v) is 9.79. The van der Waals surface area contributed by atoms with Gasteiger partial charge < -0.3 is 0 Å². The Morgan fingerprint density at radius 1 is 1.10 bits per heavy atom. The van der Waals surface area contributed by atoms with Gasteiger partial charge in [0.1, 0.15) is 0 Å². The molecule has 6 heteroatoms. The molecule has 0 amide bonds. The first-order valence-corrected chi connectivity index (χ1v) is 11.2. The minimum atomic E-state index is 0.909. The van der Waals surface area contributed by atoms with Crippen molar-refractivity contribution in [1.29, 1.82) is 0 Å². The van der Waals surface area contributed by atoms with Gasteiger partial charge in [-0.05, 0) is 0 Å². The molecule has 2 N–H and O–H groups in total. The molecule has 0 aromatic heterocycles. The third-order valence-corrected chi connectivity index (χ3v) is 8.63. The van der Waals surface area contributed by atoms with E-state index in [4.69, 9.17) is 0 Å². The van der Waals surface area contributed by atoms with Crippen LogP contribution in [-0.2, 0) is 0 Å². The number of nitrogens with zero attached hydrogens (tertiary/aromatic N) is 2. The second-order valence-electron chi connectivity index (χ2n) is 7.07. The van der Waals surface area contributed by atoms with Crippen LogP contribution in [0, 0.1) is 23.7 Å². The van der Waals surface area contributed by atoms with E-state index in [0.717, 1.165) is 54.9 Å². The molecule has 4 nitrogen and oxygen atoms in total.